The van der Waals surface area contributed by atoms with Gasteiger partial charge in [-0.05, 0) is 114 Å². The molecule has 3 aliphatic rings. The van der Waals surface area contributed by atoms with Crippen molar-refractivity contribution in [2.45, 2.75) is 83.8 Å². The first-order valence-corrected chi connectivity index (χ1v) is 21.9. The maximum absolute atomic E-state index is 17.5. The molecule has 0 amide bonds. The molecule has 2 atom stereocenters. The standard InChI is InChI=1S/C51H42BF14N2O4/c1-8-46(53,50(60,61)62)47(54,55)24-71-44(69)39-28(4)42-41(43-29(5)40(31(7)68(43)52(66)67(42)30(39)6)45(70)72-25-48(56,57)49(58,59)51(63,64)65)38-26(2)19-34(20-27(38)3)37-22-35(32-15-11-9-12-16-32)21-36(23-37)33-17-13-10-14-18-33/h8-19,21-23,27H,1,20,24-25H2,2-7H3/q+1. The zero-order valence-electron chi connectivity index (χ0n) is 39.0. The molecule has 3 heterocycles. The van der Waals surface area contributed by atoms with Crippen molar-refractivity contribution in [1.29, 1.82) is 0 Å². The lowest BCUT2D eigenvalue weighted by Gasteiger charge is -2.31. The Morgan fingerprint density at radius 2 is 1.22 bits per heavy atom. The molecule has 0 saturated heterocycles. The van der Waals surface area contributed by atoms with E-state index in [0.717, 1.165) is 56.2 Å². The van der Waals surface area contributed by atoms with Gasteiger partial charge in [0, 0.05) is 18.2 Å². The van der Waals surface area contributed by atoms with E-state index < -0.39 is 97.0 Å². The molecule has 3 aromatic carbocycles. The lowest BCUT2D eigenvalue weighted by molar-refractivity contribution is -0.359. The summed E-state index contributed by atoms with van der Waals surface area (Å²) < 4.78 is 209. The van der Waals surface area contributed by atoms with Crippen LogP contribution in [0.2, 0.25) is 0 Å². The number of esters is 2. The summed E-state index contributed by atoms with van der Waals surface area (Å²) in [6, 6.07) is 25.0. The van der Waals surface area contributed by atoms with Gasteiger partial charge in [0.1, 0.15) is 5.57 Å². The molecular weight excluding hydrogens is 981 g/mol. The SMILES string of the molecule is C=CC(F)(C(F)(F)F)C(F)(F)COC(=O)C1=C(C)C2=C(C3=C(C)C=C(c4cc(-c5ccccc5)cc(-c5ccccc5)c4)CC3C)c3c(C)c(C(=O)OCC(F)(F)C(F)(F)C(F)(F)F)c(C)n3B(F)[N+]2=C1C. The molecule has 4 aromatic rings. The van der Waals surface area contributed by atoms with E-state index in [2.05, 4.69) is 16.1 Å². The fourth-order valence-electron chi connectivity index (χ4n) is 9.55. The number of allylic oxidation sites excluding steroid dienone is 7. The minimum absolute atomic E-state index is 0.0391. The number of aromatic nitrogens is 1. The summed E-state index contributed by atoms with van der Waals surface area (Å²) >= 11 is 0. The largest absolute Gasteiger partial charge is 0.846 e. The minimum Gasteiger partial charge on any atom is -0.455 e. The topological polar surface area (TPSA) is 60.5 Å². The van der Waals surface area contributed by atoms with E-state index >= 15 is 4.32 Å². The first-order valence-electron chi connectivity index (χ1n) is 21.9. The molecule has 2 unspecified atom stereocenters. The average Bonchev–Trinajstić information content (AvgIpc) is 3.74. The molecule has 1 aliphatic carbocycles. The van der Waals surface area contributed by atoms with E-state index in [4.69, 9.17) is 0 Å². The second kappa shape index (κ2) is 18.4. The van der Waals surface area contributed by atoms with Crippen molar-refractivity contribution in [2.75, 3.05) is 13.2 Å². The molecule has 0 spiro atoms. The van der Waals surface area contributed by atoms with E-state index in [1.165, 1.54) is 13.8 Å². The minimum atomic E-state index is -6.75. The first kappa shape index (κ1) is 53.1. The Balaban J connectivity index is 1.42. The Labute approximate surface area is 403 Å². The highest BCUT2D eigenvalue weighted by molar-refractivity contribution is 6.45. The van der Waals surface area contributed by atoms with Crippen molar-refractivity contribution in [3.05, 3.63) is 154 Å². The lowest BCUT2D eigenvalue weighted by atomic mass is 9.75. The summed E-state index contributed by atoms with van der Waals surface area (Å²) in [4.78, 5) is 27.4. The van der Waals surface area contributed by atoms with Crippen LogP contribution >= 0.6 is 0 Å². The van der Waals surface area contributed by atoms with Gasteiger partial charge in [-0.3, -0.25) is 4.48 Å². The smallest absolute Gasteiger partial charge is 0.455 e. The number of fused-ring (bicyclic) bond motifs is 2. The van der Waals surface area contributed by atoms with Gasteiger partial charge in [-0.15, -0.1) is 0 Å². The number of hydrogen-bond donors (Lipinski definition) is 0. The molecule has 380 valence electrons. The highest BCUT2D eigenvalue weighted by Gasteiger charge is 2.74. The van der Waals surface area contributed by atoms with Crippen LogP contribution in [-0.4, -0.2) is 82.9 Å². The van der Waals surface area contributed by atoms with Crippen LogP contribution in [0.1, 0.15) is 67.0 Å². The van der Waals surface area contributed by atoms with E-state index in [-0.39, 0.29) is 40.2 Å². The van der Waals surface area contributed by atoms with Gasteiger partial charge in [-0.2, -0.15) is 52.7 Å². The van der Waals surface area contributed by atoms with Crippen LogP contribution in [0, 0.1) is 19.8 Å². The first-order chi connectivity index (χ1) is 33.3. The zero-order valence-corrected chi connectivity index (χ0v) is 39.0. The quantitative estimate of drug-likeness (QED) is 0.0579. The van der Waals surface area contributed by atoms with Gasteiger partial charge in [0.05, 0.1) is 16.8 Å². The summed E-state index contributed by atoms with van der Waals surface area (Å²) in [6.07, 6.45) is -11.6. The summed E-state index contributed by atoms with van der Waals surface area (Å²) in [5, 5.41) is 0. The molecular formula is C51H42BF14N2O4+. The van der Waals surface area contributed by atoms with Gasteiger partial charge in [-0.1, -0.05) is 80.2 Å². The van der Waals surface area contributed by atoms with Crippen LogP contribution in [0.15, 0.2) is 126 Å². The van der Waals surface area contributed by atoms with Gasteiger partial charge in [-0.25, -0.2) is 22.8 Å². The van der Waals surface area contributed by atoms with Crippen molar-refractivity contribution in [3.8, 4) is 22.3 Å². The summed E-state index contributed by atoms with van der Waals surface area (Å²) in [6.45, 7) is 5.42. The fraction of sp³-hybridized carbons (Fsp3) is 0.314. The van der Waals surface area contributed by atoms with Crippen molar-refractivity contribution in [3.63, 3.8) is 0 Å². The van der Waals surface area contributed by atoms with E-state index in [0.29, 0.717) is 11.1 Å². The molecule has 21 heteroatoms. The molecule has 0 saturated carbocycles. The number of benzene rings is 3. The number of hydrogen-bond acceptors (Lipinski definition) is 4. The third-order valence-electron chi connectivity index (χ3n) is 13.1. The number of nitrogens with zero attached hydrogens (tertiary/aromatic N) is 2. The Hall–Kier alpha value is -6.67. The number of rotatable bonds is 13. The molecule has 0 fully saturated rings. The molecule has 6 nitrogen and oxygen atoms in total. The van der Waals surface area contributed by atoms with Crippen LogP contribution in [0.3, 0.4) is 0 Å². The van der Waals surface area contributed by atoms with E-state index in [1.807, 2.05) is 84.9 Å². The van der Waals surface area contributed by atoms with E-state index in [9.17, 15) is 66.7 Å². The maximum Gasteiger partial charge on any atom is 0.846 e. The Kier molecular flexibility index (Phi) is 13.6. The molecule has 7 rings (SSSR count). The van der Waals surface area contributed by atoms with Gasteiger partial charge >= 0.3 is 49.3 Å². The van der Waals surface area contributed by atoms with Gasteiger partial charge in [0.15, 0.2) is 24.6 Å². The predicted octanol–water partition coefficient (Wildman–Crippen LogP) is 13.8. The van der Waals surface area contributed by atoms with Crippen LogP contribution < -0.4 is 0 Å². The normalized spacial score (nSPS) is 17.8. The molecule has 72 heavy (non-hydrogen) atoms. The second-order valence-corrected chi connectivity index (χ2v) is 17.7. The van der Waals surface area contributed by atoms with Crippen LogP contribution in [0.5, 0.6) is 0 Å². The van der Waals surface area contributed by atoms with Crippen molar-refractivity contribution >= 4 is 36.1 Å². The second-order valence-electron chi connectivity index (χ2n) is 17.7. The summed E-state index contributed by atoms with van der Waals surface area (Å²) in [5.74, 6) is -22.2. The average molecular weight is 1020 g/mol. The number of alkyl halides is 13. The van der Waals surface area contributed by atoms with Gasteiger partial charge in [0.25, 0.3) is 5.67 Å². The predicted molar refractivity (Wildman–Crippen MR) is 241 cm³/mol. The van der Waals surface area contributed by atoms with Crippen molar-refractivity contribution in [1.82, 2.24) is 4.48 Å². The molecule has 0 N–H and O–H groups in total. The molecule has 0 radical (unpaired) electrons. The van der Waals surface area contributed by atoms with Crippen molar-refractivity contribution in [2.24, 2.45) is 5.92 Å². The van der Waals surface area contributed by atoms with Crippen LogP contribution in [-0.2, 0) is 14.3 Å². The Bertz CT molecular complexity index is 3000. The lowest BCUT2D eigenvalue weighted by Crippen LogP contribution is -2.56. The fourth-order valence-corrected chi connectivity index (χ4v) is 9.55. The van der Waals surface area contributed by atoms with Crippen molar-refractivity contribution < 1.29 is 84.9 Å². The molecule has 0 bridgehead atoms. The third kappa shape index (κ3) is 8.68. The van der Waals surface area contributed by atoms with Crippen LogP contribution in [0.4, 0.5) is 61.4 Å². The third-order valence-corrected chi connectivity index (χ3v) is 13.1. The zero-order chi connectivity index (χ0) is 53.4. The highest BCUT2D eigenvalue weighted by Crippen LogP contribution is 2.52. The number of ether oxygens (including phenoxy) is 2. The number of carbonyl (C=O) groups excluding carboxylic acids is 2. The summed E-state index contributed by atoms with van der Waals surface area (Å²) in [7, 11) is -2.54. The Morgan fingerprint density at radius 1 is 0.722 bits per heavy atom. The van der Waals surface area contributed by atoms with Crippen LogP contribution in [0.25, 0.3) is 33.4 Å². The Morgan fingerprint density at radius 3 is 1.71 bits per heavy atom. The number of halogens is 14. The molecule has 2 aliphatic heterocycles. The summed E-state index contributed by atoms with van der Waals surface area (Å²) in [5.41, 5.74) is -2.23. The monoisotopic (exact) mass is 1020 g/mol. The highest BCUT2D eigenvalue weighted by atomic mass is 19.4. The number of carbonyl (C=O) groups is 2. The molecule has 1 aromatic heterocycles. The van der Waals surface area contributed by atoms with E-state index in [1.54, 1.807) is 13.8 Å². The van der Waals surface area contributed by atoms with Gasteiger partial charge < -0.3 is 9.47 Å². The maximum atomic E-state index is 17.5. The van der Waals surface area contributed by atoms with Gasteiger partial charge in [0.2, 0.25) is 0 Å².